The van der Waals surface area contributed by atoms with Gasteiger partial charge in [-0.2, -0.15) is 0 Å². The molecule has 1 saturated heterocycles. The second-order valence-corrected chi connectivity index (χ2v) is 16.1. The van der Waals surface area contributed by atoms with Gasteiger partial charge >= 0.3 is 0 Å². The smallest absolute Gasteiger partial charge is 0.192 e. The number of aliphatic hydroxyl groups excluding tert-OH is 1. The molecule has 1 aliphatic heterocycles. The van der Waals surface area contributed by atoms with Gasteiger partial charge in [-0.15, -0.1) is 0 Å². The molecule has 0 bridgehead atoms. The van der Waals surface area contributed by atoms with Crippen molar-refractivity contribution in [2.45, 2.75) is 69.9 Å². The molecule has 2 unspecified atom stereocenters. The molecule has 3 aromatic rings. The normalized spacial score (nSPS) is 23.1. The van der Waals surface area contributed by atoms with Crippen LogP contribution in [0.3, 0.4) is 0 Å². The van der Waals surface area contributed by atoms with E-state index in [1.807, 2.05) is 61.5 Å². The van der Waals surface area contributed by atoms with Crippen LogP contribution in [0.15, 0.2) is 91.0 Å². The van der Waals surface area contributed by atoms with Crippen LogP contribution in [0.2, 0.25) is 18.1 Å². The molecule has 0 amide bonds. The first-order valence-corrected chi connectivity index (χ1v) is 15.8. The van der Waals surface area contributed by atoms with Gasteiger partial charge in [-0.05, 0) is 34.8 Å². The first-order chi connectivity index (χ1) is 17.1. The number of rotatable bonds is 8. The van der Waals surface area contributed by atoms with Gasteiger partial charge in [-0.25, -0.2) is 0 Å². The minimum Gasteiger partial charge on any atom is -0.411 e. The quantitative estimate of drug-likeness (QED) is 0.273. The van der Waals surface area contributed by atoms with E-state index >= 15 is 0 Å². The fraction of sp³-hybridized carbons (Fsp3) is 0.419. The van der Waals surface area contributed by atoms with E-state index in [4.69, 9.17) is 13.9 Å². The lowest BCUT2D eigenvalue weighted by atomic mass is 9.80. The van der Waals surface area contributed by atoms with Crippen molar-refractivity contribution in [3.05, 3.63) is 108 Å². The standard InChI is InChI=1S/C31H40O4Si/c1-23-28(35-36(5,6)30(2,3)4)27(34-29(23)32)22-33-31(24-16-10-7-11-17-24,25-18-12-8-13-19-25)26-20-14-9-15-21-26/h7-21,23,27-29,32H,22H2,1-6H3/t23?,27-,28+,29?/m1/s1. The maximum Gasteiger partial charge on any atom is 0.192 e. The van der Waals surface area contributed by atoms with Crippen LogP contribution in [-0.4, -0.2) is 38.5 Å². The van der Waals surface area contributed by atoms with Crippen LogP contribution in [0.1, 0.15) is 44.4 Å². The predicted octanol–water partition coefficient (Wildman–Crippen LogP) is 6.74. The topological polar surface area (TPSA) is 47.9 Å². The van der Waals surface area contributed by atoms with Gasteiger partial charge in [0.15, 0.2) is 14.6 Å². The summed E-state index contributed by atoms with van der Waals surface area (Å²) in [6.07, 6.45) is -1.52. The largest absolute Gasteiger partial charge is 0.411 e. The van der Waals surface area contributed by atoms with E-state index in [-0.39, 0.29) is 29.8 Å². The average molecular weight is 505 g/mol. The molecular formula is C31H40O4Si. The summed E-state index contributed by atoms with van der Waals surface area (Å²) >= 11 is 0. The minimum absolute atomic E-state index is 0.0492. The molecule has 1 heterocycles. The van der Waals surface area contributed by atoms with Crippen LogP contribution in [0.25, 0.3) is 0 Å². The second-order valence-electron chi connectivity index (χ2n) is 11.4. The van der Waals surface area contributed by atoms with Crippen LogP contribution < -0.4 is 0 Å². The van der Waals surface area contributed by atoms with Crippen molar-refractivity contribution in [2.24, 2.45) is 5.92 Å². The zero-order chi connectivity index (χ0) is 26.0. The SMILES string of the molecule is CC1C(O)O[C@H](COC(c2ccccc2)(c2ccccc2)c2ccccc2)[C@H]1O[Si](C)(C)C(C)(C)C. The number of benzene rings is 3. The third-order valence-corrected chi connectivity index (χ3v) is 12.4. The summed E-state index contributed by atoms with van der Waals surface area (Å²) in [5.41, 5.74) is 2.27. The van der Waals surface area contributed by atoms with Gasteiger partial charge < -0.3 is 19.0 Å². The van der Waals surface area contributed by atoms with E-state index in [2.05, 4.69) is 70.3 Å². The van der Waals surface area contributed by atoms with Gasteiger partial charge in [0, 0.05) is 5.92 Å². The summed E-state index contributed by atoms with van der Waals surface area (Å²) in [5.74, 6) is -0.146. The number of hydrogen-bond acceptors (Lipinski definition) is 4. The third-order valence-electron chi connectivity index (χ3n) is 7.89. The van der Waals surface area contributed by atoms with Crippen LogP contribution in [0.4, 0.5) is 0 Å². The summed E-state index contributed by atoms with van der Waals surface area (Å²) < 4.78 is 19.9. The van der Waals surface area contributed by atoms with Crippen LogP contribution in [0, 0.1) is 5.92 Å². The third kappa shape index (κ3) is 5.22. The van der Waals surface area contributed by atoms with Crippen molar-refractivity contribution >= 4 is 8.32 Å². The van der Waals surface area contributed by atoms with Crippen LogP contribution in [0.5, 0.6) is 0 Å². The first-order valence-electron chi connectivity index (χ1n) is 12.9. The Morgan fingerprint density at radius 1 is 0.778 bits per heavy atom. The molecular weight excluding hydrogens is 464 g/mol. The zero-order valence-corrected chi connectivity index (χ0v) is 23.3. The molecule has 1 fully saturated rings. The summed E-state index contributed by atoms with van der Waals surface area (Å²) in [7, 11) is -2.10. The molecule has 0 spiro atoms. The van der Waals surface area contributed by atoms with Gasteiger partial charge in [0.2, 0.25) is 0 Å². The Labute approximate surface area is 217 Å². The van der Waals surface area contributed by atoms with E-state index in [0.717, 1.165) is 16.7 Å². The molecule has 3 aromatic carbocycles. The highest BCUT2D eigenvalue weighted by Crippen LogP contribution is 2.43. The van der Waals surface area contributed by atoms with Crippen LogP contribution >= 0.6 is 0 Å². The summed E-state index contributed by atoms with van der Waals surface area (Å²) in [5, 5.41) is 10.7. The van der Waals surface area contributed by atoms with E-state index in [1.165, 1.54) is 0 Å². The van der Waals surface area contributed by atoms with E-state index in [1.54, 1.807) is 0 Å². The Balaban J connectivity index is 1.74. The van der Waals surface area contributed by atoms with Crippen molar-refractivity contribution in [3.63, 3.8) is 0 Å². The molecule has 4 atom stereocenters. The molecule has 4 nitrogen and oxygen atoms in total. The van der Waals surface area contributed by atoms with Gasteiger partial charge in [-0.1, -0.05) is 119 Å². The highest BCUT2D eigenvalue weighted by molar-refractivity contribution is 6.74. The molecule has 192 valence electrons. The fourth-order valence-corrected chi connectivity index (χ4v) is 6.09. The average Bonchev–Trinajstić information content (AvgIpc) is 3.13. The molecule has 36 heavy (non-hydrogen) atoms. The van der Waals surface area contributed by atoms with E-state index in [9.17, 15) is 5.11 Å². The van der Waals surface area contributed by atoms with E-state index < -0.39 is 20.2 Å². The lowest BCUT2D eigenvalue weighted by Gasteiger charge is -2.41. The number of aliphatic hydroxyl groups is 1. The maximum absolute atomic E-state index is 10.7. The molecule has 1 aliphatic rings. The van der Waals surface area contributed by atoms with Gasteiger partial charge in [0.1, 0.15) is 11.7 Å². The monoisotopic (exact) mass is 504 g/mol. The summed E-state index contributed by atoms with van der Waals surface area (Å²) in [4.78, 5) is 0. The Kier molecular flexibility index (Phi) is 7.88. The maximum atomic E-state index is 10.7. The minimum atomic E-state index is -2.10. The zero-order valence-electron chi connectivity index (χ0n) is 22.3. The Bertz CT molecular complexity index is 999. The second kappa shape index (κ2) is 10.6. The van der Waals surface area contributed by atoms with E-state index in [0.29, 0.717) is 0 Å². The molecule has 0 aliphatic carbocycles. The molecule has 4 rings (SSSR count). The Morgan fingerprint density at radius 3 is 1.58 bits per heavy atom. The number of hydrogen-bond donors (Lipinski definition) is 1. The van der Waals surface area contributed by atoms with Crippen molar-refractivity contribution in [3.8, 4) is 0 Å². The summed E-state index contributed by atoms with van der Waals surface area (Å²) in [6, 6.07) is 31.0. The highest BCUT2D eigenvalue weighted by atomic mass is 28.4. The van der Waals surface area contributed by atoms with Gasteiger partial charge in [0.05, 0.1) is 12.7 Å². The lowest BCUT2D eigenvalue weighted by molar-refractivity contribution is -0.135. The van der Waals surface area contributed by atoms with Crippen molar-refractivity contribution in [2.75, 3.05) is 6.61 Å². The van der Waals surface area contributed by atoms with Gasteiger partial charge in [0.25, 0.3) is 0 Å². The van der Waals surface area contributed by atoms with Crippen LogP contribution in [-0.2, 0) is 19.5 Å². The molecule has 1 N–H and O–H groups in total. The molecule has 0 radical (unpaired) electrons. The Hall–Kier alpha value is -2.28. The van der Waals surface area contributed by atoms with Crippen molar-refractivity contribution in [1.29, 1.82) is 0 Å². The summed E-state index contributed by atoms with van der Waals surface area (Å²) in [6.45, 7) is 13.4. The molecule has 0 aromatic heterocycles. The van der Waals surface area contributed by atoms with Gasteiger partial charge in [-0.3, -0.25) is 0 Å². The lowest BCUT2D eigenvalue weighted by Crippen LogP contribution is -2.49. The Morgan fingerprint density at radius 2 is 1.19 bits per heavy atom. The highest BCUT2D eigenvalue weighted by Gasteiger charge is 2.49. The fourth-order valence-electron chi connectivity index (χ4n) is 4.69. The number of ether oxygens (including phenoxy) is 2. The molecule has 5 heteroatoms. The predicted molar refractivity (Wildman–Crippen MR) is 147 cm³/mol. The molecule has 0 saturated carbocycles. The first kappa shape index (κ1) is 26.8. The van der Waals surface area contributed by atoms with Crippen molar-refractivity contribution in [1.82, 2.24) is 0 Å². The van der Waals surface area contributed by atoms with Crippen molar-refractivity contribution < 1.29 is 19.0 Å².